The second kappa shape index (κ2) is 8.42. The van der Waals surface area contributed by atoms with Crippen LogP contribution < -0.4 is 0 Å². The third-order valence-electron chi connectivity index (χ3n) is 6.29. The van der Waals surface area contributed by atoms with Crippen LogP contribution in [0.25, 0.3) is 11.2 Å². The number of hydrogen-bond acceptors (Lipinski definition) is 6. The minimum atomic E-state index is -3.51. The molecule has 2 unspecified atom stereocenters. The first-order chi connectivity index (χ1) is 15.0. The fourth-order valence-corrected chi connectivity index (χ4v) is 7.26. The molecule has 0 aromatic carbocycles. The van der Waals surface area contributed by atoms with Crippen molar-refractivity contribution in [2.45, 2.75) is 35.8 Å². The maximum absolute atomic E-state index is 13.2. The van der Waals surface area contributed by atoms with E-state index in [0.717, 1.165) is 36.3 Å². The monoisotopic (exact) mass is 459 g/mol. The molecule has 1 amide bonds. The maximum Gasteiger partial charge on any atom is 0.229 e. The molecule has 2 fully saturated rings. The zero-order chi connectivity index (χ0) is 21.4. The number of nitrogens with zero attached hydrogens (tertiary/aromatic N) is 4. The van der Waals surface area contributed by atoms with Gasteiger partial charge in [0.05, 0.1) is 18.0 Å². The van der Waals surface area contributed by atoms with Crippen LogP contribution in [0.4, 0.5) is 0 Å². The first-order valence-electron chi connectivity index (χ1n) is 10.7. The van der Waals surface area contributed by atoms with Crippen LogP contribution in [0.15, 0.2) is 40.1 Å². The number of H-pyrrole nitrogens is 1. The Morgan fingerprint density at radius 2 is 2.03 bits per heavy atom. The molecule has 2 aliphatic heterocycles. The van der Waals surface area contributed by atoms with Crippen molar-refractivity contribution in [3.63, 3.8) is 0 Å². The van der Waals surface area contributed by atoms with Gasteiger partial charge in [-0.2, -0.15) is 0 Å². The summed E-state index contributed by atoms with van der Waals surface area (Å²) in [7, 11) is -3.51. The van der Waals surface area contributed by atoms with Crippen LogP contribution in [0.1, 0.15) is 37.4 Å². The second-order valence-electron chi connectivity index (χ2n) is 8.23. The molecule has 0 bridgehead atoms. The van der Waals surface area contributed by atoms with Crippen molar-refractivity contribution in [2.24, 2.45) is 5.92 Å². The number of aromatic nitrogens is 3. The Morgan fingerprint density at radius 1 is 1.19 bits per heavy atom. The number of nitrogens with one attached hydrogen (secondary N) is 1. The van der Waals surface area contributed by atoms with E-state index in [0.29, 0.717) is 30.3 Å². The van der Waals surface area contributed by atoms with Crippen LogP contribution in [0, 0.1) is 5.92 Å². The molecule has 0 radical (unpaired) electrons. The van der Waals surface area contributed by atoms with Gasteiger partial charge in [-0.15, -0.1) is 4.31 Å². The van der Waals surface area contributed by atoms with Gasteiger partial charge >= 0.3 is 0 Å². The zero-order valence-electron chi connectivity index (χ0n) is 17.1. The molecule has 164 valence electrons. The number of aromatic amines is 1. The molecule has 1 N–H and O–H groups in total. The van der Waals surface area contributed by atoms with Gasteiger partial charge in [0.15, 0.2) is 16.0 Å². The van der Waals surface area contributed by atoms with Crippen molar-refractivity contribution >= 4 is 38.8 Å². The van der Waals surface area contributed by atoms with E-state index < -0.39 is 10.4 Å². The summed E-state index contributed by atoms with van der Waals surface area (Å²) >= 11 is 1.22. The van der Waals surface area contributed by atoms with Gasteiger partial charge in [-0.3, -0.25) is 4.79 Å². The minimum absolute atomic E-state index is 0.0794. The summed E-state index contributed by atoms with van der Waals surface area (Å²) in [5.74, 6) is 1.03. The van der Waals surface area contributed by atoms with Crippen molar-refractivity contribution in [1.82, 2.24) is 24.2 Å². The summed E-state index contributed by atoms with van der Waals surface area (Å²) in [6.45, 7) is 2.09. The topological polar surface area (TPSA) is 105 Å². The largest absolute Gasteiger partial charge is 0.592 e. The molecule has 2 aliphatic rings. The maximum atomic E-state index is 13.2. The molecule has 3 aromatic rings. The van der Waals surface area contributed by atoms with E-state index in [1.165, 1.54) is 15.6 Å². The predicted octanol–water partition coefficient (Wildman–Crippen LogP) is 3.04. The van der Waals surface area contributed by atoms with Crippen molar-refractivity contribution in [1.29, 1.82) is 0 Å². The van der Waals surface area contributed by atoms with Crippen LogP contribution in [-0.2, 0) is 19.4 Å². The van der Waals surface area contributed by atoms with Crippen LogP contribution in [0.3, 0.4) is 0 Å². The van der Waals surface area contributed by atoms with E-state index >= 15 is 0 Å². The predicted molar refractivity (Wildman–Crippen MR) is 118 cm³/mol. The minimum Gasteiger partial charge on any atom is -0.592 e. The number of fused-ring (bicyclic) bond motifs is 1. The zero-order valence-corrected chi connectivity index (χ0v) is 18.7. The van der Waals surface area contributed by atoms with Gasteiger partial charge < -0.3 is 14.4 Å². The number of imidazole rings is 1. The number of pyridine rings is 1. The first-order valence-corrected chi connectivity index (χ1v) is 13.0. The van der Waals surface area contributed by atoms with Crippen LogP contribution in [-0.4, -0.2) is 60.8 Å². The molecular weight excluding hydrogens is 434 g/mol. The van der Waals surface area contributed by atoms with E-state index in [1.807, 2.05) is 17.0 Å². The lowest BCUT2D eigenvalue weighted by Gasteiger charge is -2.37. The number of hydrogen-bond donors (Lipinski definition) is 1. The Bertz CT molecular complexity index is 1070. The van der Waals surface area contributed by atoms with Gasteiger partial charge in [-0.1, -0.05) is 15.5 Å². The number of amides is 1. The molecular formula is C21H25N5O3S2. The normalized spacial score (nSPS) is 23.1. The van der Waals surface area contributed by atoms with Crippen molar-refractivity contribution in [3.05, 3.63) is 41.7 Å². The average Bonchev–Trinajstić information content (AvgIpc) is 3.49. The highest BCUT2D eigenvalue weighted by Gasteiger charge is 2.39. The summed E-state index contributed by atoms with van der Waals surface area (Å²) in [6, 6.07) is 7.23. The van der Waals surface area contributed by atoms with Gasteiger partial charge in [0.1, 0.15) is 5.82 Å². The number of sulfonamides is 1. The lowest BCUT2D eigenvalue weighted by atomic mass is 9.93. The van der Waals surface area contributed by atoms with E-state index in [4.69, 9.17) is 0 Å². The molecule has 0 spiro atoms. The van der Waals surface area contributed by atoms with Gasteiger partial charge in [-0.25, -0.2) is 9.97 Å². The Hall–Kier alpha value is -2.14. The number of carbonyl (C=O) groups excluding carboxylic acids is 1. The standard InChI is InChI=1S/C21H25N5O3S2/c27-21(16-4-2-10-26(14-16)31(28,29)18-6-3-13-30-18)25-11-7-15(8-12-25)19-23-17-5-1-9-22-20(17)24-19/h1,3,5-6,9,13,15-16H,2,4,7-8,10-12,14H2,(H-,22,23,24,28,29). The third-order valence-corrected chi connectivity index (χ3v) is 9.53. The van der Waals surface area contributed by atoms with Gasteiger partial charge in [0, 0.05) is 37.8 Å². The number of rotatable bonds is 4. The molecule has 5 heterocycles. The van der Waals surface area contributed by atoms with Crippen LogP contribution in [0.2, 0.25) is 0 Å². The molecule has 31 heavy (non-hydrogen) atoms. The van der Waals surface area contributed by atoms with Gasteiger partial charge in [0.25, 0.3) is 0 Å². The molecule has 5 rings (SSSR count). The molecule has 0 saturated carbocycles. The van der Waals surface area contributed by atoms with Crippen LogP contribution in [0.5, 0.6) is 0 Å². The fourth-order valence-electron chi connectivity index (χ4n) is 4.59. The first kappa shape index (κ1) is 20.7. The highest BCUT2D eigenvalue weighted by molar-refractivity contribution is 7.97. The average molecular weight is 460 g/mol. The second-order valence-corrected chi connectivity index (χ2v) is 11.3. The highest BCUT2D eigenvalue weighted by atomic mass is 32.3. The molecule has 2 saturated heterocycles. The number of carbonyl (C=O) groups is 1. The van der Waals surface area contributed by atoms with E-state index in [9.17, 15) is 13.6 Å². The Balaban J connectivity index is 1.21. The number of thiophene rings is 1. The van der Waals surface area contributed by atoms with Gasteiger partial charge in [-0.05, 0) is 49.3 Å². The van der Waals surface area contributed by atoms with Crippen molar-refractivity contribution in [2.75, 3.05) is 26.2 Å². The quantitative estimate of drug-likeness (QED) is 0.604. The Labute approximate surface area is 186 Å². The molecule has 10 heteroatoms. The lowest BCUT2D eigenvalue weighted by Crippen LogP contribution is -2.49. The van der Waals surface area contributed by atoms with Crippen molar-refractivity contribution < 1.29 is 13.6 Å². The van der Waals surface area contributed by atoms with E-state index in [-0.39, 0.29) is 24.3 Å². The molecule has 2 atom stereocenters. The Kier molecular flexibility index (Phi) is 5.63. The lowest BCUT2D eigenvalue weighted by molar-refractivity contribution is -0.137. The summed E-state index contributed by atoms with van der Waals surface area (Å²) in [4.78, 5) is 27.3. The number of piperidine rings is 2. The summed E-state index contributed by atoms with van der Waals surface area (Å²) in [6.07, 6.45) is 4.87. The van der Waals surface area contributed by atoms with E-state index in [1.54, 1.807) is 23.7 Å². The molecule has 0 aliphatic carbocycles. The number of likely N-dealkylation sites (tertiary alicyclic amines) is 1. The summed E-state index contributed by atoms with van der Waals surface area (Å²) in [5.41, 5.74) is 1.66. The summed E-state index contributed by atoms with van der Waals surface area (Å²) < 4.78 is 27.6. The highest BCUT2D eigenvalue weighted by Crippen LogP contribution is 2.32. The van der Waals surface area contributed by atoms with Gasteiger partial charge in [0.2, 0.25) is 10.1 Å². The van der Waals surface area contributed by atoms with Crippen molar-refractivity contribution in [3.8, 4) is 0 Å². The fraction of sp³-hybridized carbons (Fsp3) is 0.476. The van der Waals surface area contributed by atoms with Crippen LogP contribution >= 0.6 is 11.3 Å². The molecule has 3 aromatic heterocycles. The summed E-state index contributed by atoms with van der Waals surface area (Å²) in [5, 5.41) is 1.77. The smallest absolute Gasteiger partial charge is 0.229 e. The Morgan fingerprint density at radius 3 is 2.77 bits per heavy atom. The van der Waals surface area contributed by atoms with E-state index in [2.05, 4.69) is 15.0 Å². The third kappa shape index (κ3) is 4.05. The molecule has 8 nitrogen and oxygen atoms in total. The SMILES string of the molecule is O=C(C1CCCN([S+](=O)([O-])c2cccs2)C1)N1CCC(c2nc3ncccc3[nH]2)CC1.